The van der Waals surface area contributed by atoms with Crippen LogP contribution in [-0.2, 0) is 4.79 Å². The fraction of sp³-hybridized carbons (Fsp3) is 0. The molecule has 0 aromatic heterocycles. The average molecular weight is 224 g/mol. The Balaban J connectivity index is 2.84. The highest BCUT2D eigenvalue weighted by Crippen LogP contribution is 2.20. The molecule has 1 rings (SSSR count). The summed E-state index contributed by atoms with van der Waals surface area (Å²) >= 11 is 3.27. The van der Waals surface area contributed by atoms with E-state index in [0.717, 1.165) is 4.47 Å². The molecule has 0 unspecified atom stereocenters. The Morgan fingerprint density at radius 3 is 2.75 bits per heavy atom. The Hall–Kier alpha value is -1.27. The van der Waals surface area contributed by atoms with Gasteiger partial charge in [0.05, 0.1) is 5.69 Å². The first kappa shape index (κ1) is 8.82. The monoisotopic (exact) mass is 223 g/mol. The molecule has 0 atom stereocenters. The van der Waals surface area contributed by atoms with Crippen LogP contribution in [0.4, 0.5) is 5.69 Å². The van der Waals surface area contributed by atoms with Gasteiger partial charge >= 0.3 is 0 Å². The van der Waals surface area contributed by atoms with E-state index in [1.807, 2.05) is 24.1 Å². The van der Waals surface area contributed by atoms with Gasteiger partial charge in [-0.2, -0.15) is 0 Å². The maximum absolute atomic E-state index is 10.8. The zero-order chi connectivity index (χ0) is 8.97. The normalized spacial score (nSPS) is 8.67. The molecule has 0 saturated carbocycles. The van der Waals surface area contributed by atoms with Crippen LogP contribution in [0.15, 0.2) is 28.7 Å². The fourth-order valence-corrected chi connectivity index (χ4v) is 1.10. The summed E-state index contributed by atoms with van der Waals surface area (Å²) in [6, 6.07) is 7.26. The van der Waals surface area contributed by atoms with E-state index >= 15 is 0 Å². The molecule has 0 aliphatic heterocycles. The van der Waals surface area contributed by atoms with Crippen LogP contribution in [0.3, 0.4) is 0 Å². The third kappa shape index (κ3) is 2.11. The molecule has 0 aliphatic rings. The lowest BCUT2D eigenvalue weighted by Gasteiger charge is -2.01. The number of anilines is 1. The predicted octanol–water partition coefficient (Wildman–Crippen LogP) is 2.02. The summed E-state index contributed by atoms with van der Waals surface area (Å²) in [4.78, 5) is 10.8. The molecule has 1 aromatic rings. The summed E-state index contributed by atoms with van der Waals surface area (Å²) in [6.45, 7) is 0. The Bertz CT molecular complexity index is 341. The van der Waals surface area contributed by atoms with Crippen molar-refractivity contribution in [2.24, 2.45) is 0 Å². The number of hydrogen-bond acceptors (Lipinski definition) is 1. The molecule has 0 bridgehead atoms. The quantitative estimate of drug-likeness (QED) is 0.726. The summed E-state index contributed by atoms with van der Waals surface area (Å²) < 4.78 is 0.814. The molecule has 0 heterocycles. The summed E-state index contributed by atoms with van der Waals surface area (Å²) in [5, 5.41) is 2.54. The van der Waals surface area contributed by atoms with Crippen LogP contribution in [0.2, 0.25) is 0 Å². The molecule has 0 radical (unpaired) electrons. The Morgan fingerprint density at radius 1 is 1.50 bits per heavy atom. The van der Waals surface area contributed by atoms with Crippen LogP contribution in [-0.4, -0.2) is 5.91 Å². The molecule has 0 saturated heterocycles. The Kier molecular flexibility index (Phi) is 2.89. The highest BCUT2D eigenvalue weighted by Gasteiger charge is 1.99. The minimum atomic E-state index is -0.443. The number of nitrogens with one attached hydrogen (secondary N) is 1. The van der Waals surface area contributed by atoms with Crippen LogP contribution >= 0.6 is 15.9 Å². The van der Waals surface area contributed by atoms with Crippen molar-refractivity contribution in [3.63, 3.8) is 0 Å². The van der Waals surface area contributed by atoms with Gasteiger partial charge in [-0.25, -0.2) is 0 Å². The van der Waals surface area contributed by atoms with E-state index in [9.17, 15) is 4.79 Å². The van der Waals surface area contributed by atoms with Gasteiger partial charge in [0.2, 0.25) is 0 Å². The van der Waals surface area contributed by atoms with Gasteiger partial charge in [-0.05, 0) is 34.0 Å². The Morgan fingerprint density at radius 2 is 2.17 bits per heavy atom. The third-order valence-corrected chi connectivity index (χ3v) is 1.94. The molecule has 12 heavy (non-hydrogen) atoms. The summed E-state index contributed by atoms with van der Waals surface area (Å²) in [6.07, 6.45) is 4.89. The number of halogens is 1. The van der Waals surface area contributed by atoms with Crippen molar-refractivity contribution in [3.05, 3.63) is 28.7 Å². The summed E-state index contributed by atoms with van der Waals surface area (Å²) in [5.41, 5.74) is 0.681. The molecular formula is C9H6BrNO. The minimum absolute atomic E-state index is 0.443. The molecule has 1 N–H and O–H groups in total. The zero-order valence-electron chi connectivity index (χ0n) is 6.17. The van der Waals surface area contributed by atoms with Crippen molar-refractivity contribution in [1.29, 1.82) is 0 Å². The van der Waals surface area contributed by atoms with Gasteiger partial charge < -0.3 is 5.32 Å². The summed E-state index contributed by atoms with van der Waals surface area (Å²) in [7, 11) is 0. The topological polar surface area (TPSA) is 29.1 Å². The molecule has 1 amide bonds. The number of para-hydroxylation sites is 1. The number of benzene rings is 1. The van der Waals surface area contributed by atoms with E-state index < -0.39 is 5.91 Å². The van der Waals surface area contributed by atoms with E-state index in [1.165, 1.54) is 0 Å². The maximum atomic E-state index is 10.8. The first-order chi connectivity index (χ1) is 5.74. The lowest BCUT2D eigenvalue weighted by atomic mass is 10.3. The lowest BCUT2D eigenvalue weighted by Crippen LogP contribution is -2.08. The van der Waals surface area contributed by atoms with Crippen molar-refractivity contribution in [2.75, 3.05) is 5.32 Å². The van der Waals surface area contributed by atoms with Crippen molar-refractivity contribution in [2.45, 2.75) is 0 Å². The second-order valence-electron chi connectivity index (χ2n) is 2.08. The maximum Gasteiger partial charge on any atom is 0.300 e. The van der Waals surface area contributed by atoms with Crippen LogP contribution in [0.5, 0.6) is 0 Å². The standard InChI is InChI=1S/C9H6BrNO/c1-2-9(12)11-8-6-4-3-5-7(8)10/h1,3-6H,(H,11,12). The van der Waals surface area contributed by atoms with Crippen LogP contribution in [0.1, 0.15) is 0 Å². The third-order valence-electron chi connectivity index (χ3n) is 1.25. The largest absolute Gasteiger partial charge is 0.314 e. The minimum Gasteiger partial charge on any atom is -0.314 e. The van der Waals surface area contributed by atoms with E-state index in [2.05, 4.69) is 21.2 Å². The lowest BCUT2D eigenvalue weighted by molar-refractivity contribution is -0.111. The number of rotatable bonds is 1. The number of carbonyl (C=O) groups excluding carboxylic acids is 1. The SMILES string of the molecule is C#CC(=O)Nc1ccccc1Br. The molecule has 60 valence electrons. The number of hydrogen-bond donors (Lipinski definition) is 1. The van der Waals surface area contributed by atoms with Crippen LogP contribution in [0, 0.1) is 12.3 Å². The molecule has 1 aromatic carbocycles. The van der Waals surface area contributed by atoms with Crippen molar-refractivity contribution >= 4 is 27.5 Å². The average Bonchev–Trinajstić information content (AvgIpc) is 2.09. The smallest absolute Gasteiger partial charge is 0.300 e. The second kappa shape index (κ2) is 3.93. The van der Waals surface area contributed by atoms with E-state index in [-0.39, 0.29) is 0 Å². The molecular weight excluding hydrogens is 218 g/mol. The Labute approximate surface area is 79.1 Å². The molecule has 3 heteroatoms. The van der Waals surface area contributed by atoms with Crippen molar-refractivity contribution in [3.8, 4) is 12.3 Å². The van der Waals surface area contributed by atoms with Gasteiger partial charge in [-0.15, -0.1) is 6.42 Å². The highest BCUT2D eigenvalue weighted by atomic mass is 79.9. The predicted molar refractivity (Wildman–Crippen MR) is 51.6 cm³/mol. The van der Waals surface area contributed by atoms with Crippen LogP contribution in [0.25, 0.3) is 0 Å². The first-order valence-corrected chi connectivity index (χ1v) is 4.05. The fourth-order valence-electron chi connectivity index (χ4n) is 0.721. The van der Waals surface area contributed by atoms with Crippen molar-refractivity contribution < 1.29 is 4.79 Å². The molecule has 0 aliphatic carbocycles. The molecule has 0 fully saturated rings. The zero-order valence-corrected chi connectivity index (χ0v) is 7.76. The van der Waals surface area contributed by atoms with E-state index in [0.29, 0.717) is 5.69 Å². The van der Waals surface area contributed by atoms with Gasteiger partial charge in [0.25, 0.3) is 5.91 Å². The van der Waals surface area contributed by atoms with Gasteiger partial charge in [0.15, 0.2) is 0 Å². The van der Waals surface area contributed by atoms with Crippen LogP contribution < -0.4 is 5.32 Å². The number of terminal acetylenes is 1. The first-order valence-electron chi connectivity index (χ1n) is 3.26. The number of carbonyl (C=O) groups is 1. The van der Waals surface area contributed by atoms with Gasteiger partial charge in [-0.1, -0.05) is 12.1 Å². The van der Waals surface area contributed by atoms with E-state index in [4.69, 9.17) is 6.42 Å². The second-order valence-corrected chi connectivity index (χ2v) is 2.93. The van der Waals surface area contributed by atoms with E-state index in [1.54, 1.807) is 6.07 Å². The van der Waals surface area contributed by atoms with Gasteiger partial charge in [-0.3, -0.25) is 4.79 Å². The highest BCUT2D eigenvalue weighted by molar-refractivity contribution is 9.10. The molecule has 0 spiro atoms. The number of amides is 1. The summed E-state index contributed by atoms with van der Waals surface area (Å²) in [5.74, 6) is 1.53. The van der Waals surface area contributed by atoms with Crippen molar-refractivity contribution in [1.82, 2.24) is 0 Å². The molecule has 2 nitrogen and oxygen atoms in total. The van der Waals surface area contributed by atoms with Gasteiger partial charge in [0.1, 0.15) is 0 Å². The van der Waals surface area contributed by atoms with Gasteiger partial charge in [0, 0.05) is 4.47 Å².